The minimum Gasteiger partial charge on any atom is -0.494 e. The van der Waals surface area contributed by atoms with Crippen LogP contribution in [0.1, 0.15) is 22.9 Å². The van der Waals surface area contributed by atoms with Gasteiger partial charge in [-0.05, 0) is 55.6 Å². The quantitative estimate of drug-likeness (QED) is 0.177. The molecule has 43 heavy (non-hydrogen) atoms. The smallest absolute Gasteiger partial charge is 0.247 e. The first-order valence-corrected chi connectivity index (χ1v) is 13.8. The van der Waals surface area contributed by atoms with Crippen LogP contribution in [0.25, 0.3) is 0 Å². The molecule has 3 N–H and O–H groups in total. The van der Waals surface area contributed by atoms with Gasteiger partial charge in [0.15, 0.2) is 0 Å². The van der Waals surface area contributed by atoms with Crippen LogP contribution in [-0.4, -0.2) is 67.2 Å². The predicted molar refractivity (Wildman–Crippen MR) is 170 cm³/mol. The maximum absolute atomic E-state index is 12.3. The van der Waals surface area contributed by atoms with Gasteiger partial charge in [0, 0.05) is 32.4 Å². The topological polar surface area (TPSA) is 112 Å². The summed E-state index contributed by atoms with van der Waals surface area (Å²) in [6.45, 7) is 5.57. The van der Waals surface area contributed by atoms with E-state index in [0.717, 1.165) is 24.3 Å². The standard InChI is InChI=1S/C33H38N6O4/c1-6-31(40)35-27-20-28(30(42-5)21-29(27)39(4)19-18-38(2)3)37-33-34-17-16-26(36-33)32(41)24-12-14-25(15-13-24)43-22-23-10-8-7-9-11-23/h6-17,20-21,32,41H,1,18-19,22H2,2-5H3,(H,35,40)(H,34,36,37). The molecule has 0 aliphatic rings. The third kappa shape index (κ3) is 8.54. The fourth-order valence-electron chi connectivity index (χ4n) is 4.27. The molecule has 1 unspecified atom stereocenters. The van der Waals surface area contributed by atoms with E-state index in [0.29, 0.717) is 40.7 Å². The van der Waals surface area contributed by atoms with Gasteiger partial charge in [-0.2, -0.15) is 0 Å². The van der Waals surface area contributed by atoms with Crippen molar-refractivity contribution >= 4 is 28.9 Å². The molecule has 0 radical (unpaired) electrons. The van der Waals surface area contributed by atoms with Crippen LogP contribution in [-0.2, 0) is 11.4 Å². The second-order valence-electron chi connectivity index (χ2n) is 10.2. The van der Waals surface area contributed by atoms with Crippen molar-refractivity contribution in [2.75, 3.05) is 56.9 Å². The van der Waals surface area contributed by atoms with Crippen molar-refractivity contribution < 1.29 is 19.4 Å². The molecule has 0 bridgehead atoms. The van der Waals surface area contributed by atoms with Gasteiger partial charge in [0.05, 0.1) is 29.9 Å². The second-order valence-corrected chi connectivity index (χ2v) is 10.2. The van der Waals surface area contributed by atoms with E-state index in [2.05, 4.69) is 32.1 Å². The lowest BCUT2D eigenvalue weighted by atomic mass is 10.1. The number of likely N-dealkylation sites (N-methyl/N-ethyl adjacent to an activating group) is 2. The molecule has 10 heteroatoms. The van der Waals surface area contributed by atoms with Crippen LogP contribution >= 0.6 is 0 Å². The Bertz CT molecular complexity index is 1510. The molecule has 10 nitrogen and oxygen atoms in total. The molecule has 0 saturated carbocycles. The fourth-order valence-corrected chi connectivity index (χ4v) is 4.27. The summed E-state index contributed by atoms with van der Waals surface area (Å²) in [4.78, 5) is 25.3. The molecule has 224 valence electrons. The molecule has 3 aromatic carbocycles. The molecule has 1 amide bonds. The molecule has 0 aliphatic carbocycles. The number of hydrogen-bond acceptors (Lipinski definition) is 9. The summed E-state index contributed by atoms with van der Waals surface area (Å²) in [5.41, 5.74) is 4.04. The van der Waals surface area contributed by atoms with E-state index >= 15 is 0 Å². The third-order valence-electron chi connectivity index (χ3n) is 6.70. The summed E-state index contributed by atoms with van der Waals surface area (Å²) in [6.07, 6.45) is 1.81. The van der Waals surface area contributed by atoms with Crippen molar-refractivity contribution in [1.29, 1.82) is 0 Å². The van der Waals surface area contributed by atoms with Gasteiger partial charge in [0.25, 0.3) is 0 Å². The number of amides is 1. The number of methoxy groups -OCH3 is 1. The maximum atomic E-state index is 12.3. The minimum atomic E-state index is -0.983. The van der Waals surface area contributed by atoms with E-state index in [1.165, 1.54) is 6.08 Å². The van der Waals surface area contributed by atoms with Crippen LogP contribution < -0.4 is 25.0 Å². The second kappa shape index (κ2) is 14.8. The highest BCUT2D eigenvalue weighted by molar-refractivity contribution is 6.02. The Morgan fingerprint density at radius 3 is 2.44 bits per heavy atom. The van der Waals surface area contributed by atoms with Crippen molar-refractivity contribution in [2.24, 2.45) is 0 Å². The first-order chi connectivity index (χ1) is 20.8. The van der Waals surface area contributed by atoms with Crippen molar-refractivity contribution in [3.05, 3.63) is 108 Å². The van der Waals surface area contributed by atoms with E-state index in [1.54, 1.807) is 25.4 Å². The van der Waals surface area contributed by atoms with Gasteiger partial charge in [0.2, 0.25) is 11.9 Å². The first-order valence-electron chi connectivity index (χ1n) is 13.8. The predicted octanol–water partition coefficient (Wildman–Crippen LogP) is 5.01. The lowest BCUT2D eigenvalue weighted by Crippen LogP contribution is -2.29. The summed E-state index contributed by atoms with van der Waals surface area (Å²) < 4.78 is 11.5. The molecule has 0 fully saturated rings. The van der Waals surface area contributed by atoms with Crippen molar-refractivity contribution in [3.63, 3.8) is 0 Å². The molecular weight excluding hydrogens is 544 g/mol. The average molecular weight is 583 g/mol. The average Bonchev–Trinajstić information content (AvgIpc) is 3.03. The summed E-state index contributed by atoms with van der Waals surface area (Å²) in [5, 5.41) is 17.1. The van der Waals surface area contributed by atoms with Gasteiger partial charge in [0.1, 0.15) is 24.2 Å². The summed E-state index contributed by atoms with van der Waals surface area (Å²) in [7, 11) is 7.53. The largest absolute Gasteiger partial charge is 0.494 e. The highest BCUT2D eigenvalue weighted by atomic mass is 16.5. The van der Waals surface area contributed by atoms with Crippen molar-refractivity contribution in [3.8, 4) is 11.5 Å². The highest BCUT2D eigenvalue weighted by Crippen LogP contribution is 2.38. The Balaban J connectivity index is 1.53. The van der Waals surface area contributed by atoms with E-state index in [-0.39, 0.29) is 11.9 Å². The molecular formula is C33H38N6O4. The Morgan fingerprint density at radius 1 is 1.02 bits per heavy atom. The van der Waals surface area contributed by atoms with Gasteiger partial charge in [-0.25, -0.2) is 9.97 Å². The van der Waals surface area contributed by atoms with E-state index in [9.17, 15) is 9.90 Å². The number of anilines is 4. The van der Waals surface area contributed by atoms with Crippen LogP contribution in [0.5, 0.6) is 11.5 Å². The zero-order valence-corrected chi connectivity index (χ0v) is 24.9. The zero-order valence-electron chi connectivity index (χ0n) is 24.9. The zero-order chi connectivity index (χ0) is 30.8. The normalized spacial score (nSPS) is 11.5. The SMILES string of the molecule is C=CC(=O)Nc1cc(Nc2nccc(C(O)c3ccc(OCc4ccccc4)cc3)n2)c(OC)cc1N(C)CCN(C)C. The van der Waals surface area contributed by atoms with Gasteiger partial charge in [-0.15, -0.1) is 0 Å². The van der Waals surface area contributed by atoms with Crippen molar-refractivity contribution in [1.82, 2.24) is 14.9 Å². The molecule has 1 atom stereocenters. The Labute approximate surface area is 252 Å². The number of nitrogens with one attached hydrogen (secondary N) is 2. The molecule has 0 spiro atoms. The Hall–Kier alpha value is -4.93. The number of carbonyl (C=O) groups excluding carboxylic acids is 1. The number of rotatable bonds is 14. The van der Waals surface area contributed by atoms with Gasteiger partial charge in [-0.3, -0.25) is 4.79 Å². The lowest BCUT2D eigenvalue weighted by Gasteiger charge is -2.26. The monoisotopic (exact) mass is 582 g/mol. The highest BCUT2D eigenvalue weighted by Gasteiger charge is 2.18. The number of ether oxygens (including phenoxy) is 2. The molecule has 0 saturated heterocycles. The van der Waals surface area contributed by atoms with Gasteiger partial charge < -0.3 is 35.0 Å². The Morgan fingerprint density at radius 2 is 1.77 bits per heavy atom. The lowest BCUT2D eigenvalue weighted by molar-refractivity contribution is -0.111. The van der Waals surface area contributed by atoms with Gasteiger partial charge in [-0.1, -0.05) is 49.0 Å². The number of aliphatic hydroxyl groups is 1. The fraction of sp³-hybridized carbons (Fsp3) is 0.242. The number of aliphatic hydroxyl groups excluding tert-OH is 1. The maximum Gasteiger partial charge on any atom is 0.247 e. The minimum absolute atomic E-state index is 0.257. The number of hydrogen-bond donors (Lipinski definition) is 3. The molecule has 1 heterocycles. The molecule has 0 aliphatic heterocycles. The third-order valence-corrected chi connectivity index (χ3v) is 6.70. The van der Waals surface area contributed by atoms with E-state index in [1.807, 2.05) is 86.7 Å². The number of carbonyl (C=O) groups is 1. The number of aromatic nitrogens is 2. The van der Waals surface area contributed by atoms with Crippen LogP contribution in [0.15, 0.2) is 91.6 Å². The Kier molecular flexibility index (Phi) is 10.7. The number of nitrogens with zero attached hydrogens (tertiary/aromatic N) is 4. The van der Waals surface area contributed by atoms with Gasteiger partial charge >= 0.3 is 0 Å². The first kappa shape index (κ1) is 31.0. The summed E-state index contributed by atoms with van der Waals surface area (Å²) >= 11 is 0. The van der Waals surface area contributed by atoms with Crippen LogP contribution in [0.2, 0.25) is 0 Å². The summed E-state index contributed by atoms with van der Waals surface area (Å²) in [6, 6.07) is 22.5. The van der Waals surface area contributed by atoms with E-state index in [4.69, 9.17) is 9.47 Å². The molecule has 4 rings (SSSR count). The van der Waals surface area contributed by atoms with Crippen LogP contribution in [0, 0.1) is 0 Å². The van der Waals surface area contributed by atoms with Crippen LogP contribution in [0.3, 0.4) is 0 Å². The van der Waals surface area contributed by atoms with E-state index < -0.39 is 6.10 Å². The van der Waals surface area contributed by atoms with Crippen molar-refractivity contribution in [2.45, 2.75) is 12.7 Å². The molecule has 1 aromatic heterocycles. The number of benzene rings is 3. The summed E-state index contributed by atoms with van der Waals surface area (Å²) in [5.74, 6) is 1.15. The van der Waals surface area contributed by atoms with Crippen LogP contribution in [0.4, 0.5) is 23.0 Å². The molecule has 4 aromatic rings.